The summed E-state index contributed by atoms with van der Waals surface area (Å²) in [5, 5.41) is 17.1. The van der Waals surface area contributed by atoms with Crippen LogP contribution in [0.25, 0.3) is 0 Å². The predicted octanol–water partition coefficient (Wildman–Crippen LogP) is 2.64. The van der Waals surface area contributed by atoms with E-state index in [0.717, 1.165) is 69.9 Å². The van der Waals surface area contributed by atoms with Crippen LogP contribution >= 0.6 is 24.0 Å². The van der Waals surface area contributed by atoms with Gasteiger partial charge in [-0.25, -0.2) is 0 Å². The highest BCUT2D eigenvalue weighted by molar-refractivity contribution is 14.0. The fourth-order valence-electron chi connectivity index (χ4n) is 3.48. The van der Waals surface area contributed by atoms with Gasteiger partial charge in [-0.3, -0.25) is 4.99 Å². The fraction of sp³-hybridized carbons (Fsp3) is 0.632. The van der Waals surface area contributed by atoms with Gasteiger partial charge in [-0.2, -0.15) is 0 Å². The number of benzene rings is 1. The first-order chi connectivity index (χ1) is 11.7. The molecule has 1 aromatic rings. The van der Waals surface area contributed by atoms with E-state index in [1.54, 1.807) is 0 Å². The number of nitrogens with zero attached hydrogens (tertiary/aromatic N) is 1. The number of ether oxygens (including phenoxy) is 1. The Labute approximate surface area is 167 Å². The molecule has 0 radical (unpaired) electrons. The molecule has 6 heteroatoms. The van der Waals surface area contributed by atoms with Crippen LogP contribution in [-0.2, 0) is 12.8 Å². The van der Waals surface area contributed by atoms with Crippen molar-refractivity contribution in [2.75, 3.05) is 26.2 Å². The average Bonchev–Trinajstić information content (AvgIpc) is 3.21. The lowest BCUT2D eigenvalue weighted by Crippen LogP contribution is -2.40. The molecule has 1 aliphatic heterocycles. The topological polar surface area (TPSA) is 65.9 Å². The van der Waals surface area contributed by atoms with Gasteiger partial charge < -0.3 is 20.5 Å². The van der Waals surface area contributed by atoms with E-state index >= 15 is 0 Å². The van der Waals surface area contributed by atoms with Crippen LogP contribution in [0.15, 0.2) is 23.2 Å². The third-order valence-electron chi connectivity index (χ3n) is 4.87. The zero-order chi connectivity index (χ0) is 16.8. The van der Waals surface area contributed by atoms with Gasteiger partial charge in [-0.15, -0.1) is 24.0 Å². The van der Waals surface area contributed by atoms with Gasteiger partial charge in [-0.05, 0) is 43.4 Å². The van der Waals surface area contributed by atoms with E-state index in [1.807, 2.05) is 0 Å². The van der Waals surface area contributed by atoms with Crippen molar-refractivity contribution in [3.63, 3.8) is 0 Å². The largest absolute Gasteiger partial charge is 0.493 e. The van der Waals surface area contributed by atoms with Crippen LogP contribution in [0.1, 0.15) is 43.7 Å². The van der Waals surface area contributed by atoms with Crippen molar-refractivity contribution < 1.29 is 9.84 Å². The van der Waals surface area contributed by atoms with Crippen LogP contribution in [0, 0.1) is 0 Å². The number of hydrogen-bond donors (Lipinski definition) is 3. The zero-order valence-electron chi connectivity index (χ0n) is 15.0. The van der Waals surface area contributed by atoms with Crippen LogP contribution in [0.2, 0.25) is 0 Å². The van der Waals surface area contributed by atoms with E-state index in [2.05, 4.69) is 40.7 Å². The van der Waals surface area contributed by atoms with Crippen molar-refractivity contribution in [1.29, 1.82) is 0 Å². The van der Waals surface area contributed by atoms with Crippen molar-refractivity contribution in [3.05, 3.63) is 29.3 Å². The molecule has 0 aromatic heterocycles. The Morgan fingerprint density at radius 3 is 2.84 bits per heavy atom. The summed E-state index contributed by atoms with van der Waals surface area (Å²) in [5.41, 5.74) is 2.04. The molecule has 1 heterocycles. The molecule has 1 saturated carbocycles. The lowest BCUT2D eigenvalue weighted by molar-refractivity contribution is 0.0574. The molecule has 0 saturated heterocycles. The Kier molecular flexibility index (Phi) is 7.81. The Hall–Kier alpha value is -1.02. The maximum absolute atomic E-state index is 10.4. The molecule has 3 rings (SSSR count). The number of rotatable bonds is 6. The lowest BCUT2D eigenvalue weighted by atomic mass is 10.0. The van der Waals surface area contributed by atoms with Crippen molar-refractivity contribution in [3.8, 4) is 5.75 Å². The number of halogens is 1. The van der Waals surface area contributed by atoms with Crippen LogP contribution in [-0.4, -0.2) is 42.9 Å². The molecule has 3 N–H and O–H groups in total. The van der Waals surface area contributed by atoms with E-state index in [1.165, 1.54) is 11.1 Å². The van der Waals surface area contributed by atoms with E-state index in [9.17, 15) is 5.11 Å². The molecule has 1 aliphatic carbocycles. The van der Waals surface area contributed by atoms with Crippen molar-refractivity contribution in [2.45, 2.75) is 51.0 Å². The van der Waals surface area contributed by atoms with Crippen LogP contribution in [0.4, 0.5) is 0 Å². The van der Waals surface area contributed by atoms with Gasteiger partial charge in [0.1, 0.15) is 5.75 Å². The van der Waals surface area contributed by atoms with Crippen molar-refractivity contribution in [2.24, 2.45) is 4.99 Å². The fourth-order valence-corrected chi connectivity index (χ4v) is 3.48. The van der Waals surface area contributed by atoms with Gasteiger partial charge in [0.05, 0.1) is 18.8 Å². The highest BCUT2D eigenvalue weighted by atomic mass is 127. The molecule has 0 atom stereocenters. The number of nitrogens with one attached hydrogen (secondary N) is 2. The standard InChI is InChI=1S/C19H29N3O2.HI/c1-2-20-18(22-14-19(23)9-3-4-10-19)21-11-7-15-5-6-17-16(13-15)8-12-24-17;/h5-6,13,23H,2-4,7-12,14H2,1H3,(H2,20,21,22);1H. The molecule has 0 unspecified atom stereocenters. The first-order valence-electron chi connectivity index (χ1n) is 9.18. The summed E-state index contributed by atoms with van der Waals surface area (Å²) in [6.45, 7) is 4.99. The Morgan fingerprint density at radius 1 is 1.28 bits per heavy atom. The van der Waals surface area contributed by atoms with Crippen LogP contribution in [0.3, 0.4) is 0 Å². The Morgan fingerprint density at radius 2 is 2.08 bits per heavy atom. The first-order valence-corrected chi connectivity index (χ1v) is 9.18. The Bertz CT molecular complexity index is 586. The molecule has 0 amide bonds. The normalized spacial score (nSPS) is 18.2. The minimum absolute atomic E-state index is 0. The highest BCUT2D eigenvalue weighted by Crippen LogP contribution is 2.29. The maximum atomic E-state index is 10.4. The smallest absolute Gasteiger partial charge is 0.191 e. The molecule has 0 bridgehead atoms. The van der Waals surface area contributed by atoms with E-state index in [4.69, 9.17) is 4.74 Å². The van der Waals surface area contributed by atoms with E-state index in [-0.39, 0.29) is 24.0 Å². The molecule has 5 nitrogen and oxygen atoms in total. The van der Waals surface area contributed by atoms with Gasteiger partial charge >= 0.3 is 0 Å². The van der Waals surface area contributed by atoms with E-state index in [0.29, 0.717) is 6.54 Å². The molecule has 1 fully saturated rings. The van der Waals surface area contributed by atoms with E-state index < -0.39 is 5.60 Å². The number of hydrogen-bond acceptors (Lipinski definition) is 3. The highest BCUT2D eigenvalue weighted by Gasteiger charge is 2.30. The number of guanidine groups is 1. The van der Waals surface area contributed by atoms with Crippen LogP contribution in [0.5, 0.6) is 5.75 Å². The molecule has 2 aliphatic rings. The van der Waals surface area contributed by atoms with Gasteiger partial charge in [-0.1, -0.05) is 25.0 Å². The molecular weight excluding hydrogens is 429 g/mol. The van der Waals surface area contributed by atoms with Gasteiger partial charge in [0, 0.05) is 19.5 Å². The summed E-state index contributed by atoms with van der Waals surface area (Å²) in [6, 6.07) is 6.46. The minimum Gasteiger partial charge on any atom is -0.493 e. The van der Waals surface area contributed by atoms with Crippen molar-refractivity contribution >= 4 is 29.9 Å². The summed E-state index contributed by atoms with van der Waals surface area (Å²) in [7, 11) is 0. The summed E-state index contributed by atoms with van der Waals surface area (Å²) >= 11 is 0. The second-order valence-corrected chi connectivity index (χ2v) is 6.84. The summed E-state index contributed by atoms with van der Waals surface area (Å²) in [4.78, 5) is 4.58. The quantitative estimate of drug-likeness (QED) is 0.348. The SMILES string of the molecule is CCNC(=NCC1(O)CCCC1)NCCc1ccc2c(c1)CCO2.I. The summed E-state index contributed by atoms with van der Waals surface area (Å²) in [5.74, 6) is 1.83. The summed E-state index contributed by atoms with van der Waals surface area (Å²) < 4.78 is 5.55. The summed E-state index contributed by atoms with van der Waals surface area (Å²) in [6.07, 6.45) is 5.91. The third-order valence-corrected chi connectivity index (χ3v) is 4.87. The van der Waals surface area contributed by atoms with Crippen molar-refractivity contribution in [1.82, 2.24) is 10.6 Å². The molecular formula is C19H30IN3O2. The predicted molar refractivity (Wildman–Crippen MR) is 112 cm³/mol. The monoisotopic (exact) mass is 459 g/mol. The molecule has 0 spiro atoms. The first kappa shape index (κ1) is 20.3. The third kappa shape index (κ3) is 5.74. The number of fused-ring (bicyclic) bond motifs is 1. The molecule has 25 heavy (non-hydrogen) atoms. The minimum atomic E-state index is -0.595. The average molecular weight is 459 g/mol. The lowest BCUT2D eigenvalue weighted by Gasteiger charge is -2.20. The zero-order valence-corrected chi connectivity index (χ0v) is 17.3. The number of aliphatic imine (C=N–C) groups is 1. The van der Waals surface area contributed by atoms with Gasteiger partial charge in [0.25, 0.3) is 0 Å². The molecule has 1 aromatic carbocycles. The maximum Gasteiger partial charge on any atom is 0.191 e. The molecule has 140 valence electrons. The second-order valence-electron chi connectivity index (χ2n) is 6.84. The second kappa shape index (κ2) is 9.62. The number of aliphatic hydroxyl groups is 1. The van der Waals surface area contributed by atoms with Crippen LogP contribution < -0.4 is 15.4 Å². The van der Waals surface area contributed by atoms with Gasteiger partial charge in [0.2, 0.25) is 0 Å². The van der Waals surface area contributed by atoms with Gasteiger partial charge in [0.15, 0.2) is 5.96 Å². The Balaban J connectivity index is 0.00000225.